The minimum Gasteiger partial charge on any atom is -0.354 e. The normalized spacial score (nSPS) is 10.2. The van der Waals surface area contributed by atoms with Gasteiger partial charge < -0.3 is 15.5 Å². The van der Waals surface area contributed by atoms with Crippen molar-refractivity contribution in [3.05, 3.63) is 34.3 Å². The summed E-state index contributed by atoms with van der Waals surface area (Å²) in [7, 11) is 3.47. The van der Waals surface area contributed by atoms with Crippen LogP contribution in [0.2, 0.25) is 0 Å². The van der Waals surface area contributed by atoms with Crippen LogP contribution >= 0.6 is 15.9 Å². The number of amides is 2. The number of likely N-dealkylation sites (N-methyl/N-ethyl adjacent to an activating group) is 1. The third kappa shape index (κ3) is 5.71. The zero-order valence-electron chi connectivity index (χ0n) is 11.8. The lowest BCUT2D eigenvalue weighted by atomic mass is 10.2. The highest BCUT2D eigenvalue weighted by Gasteiger charge is 2.11. The maximum Gasteiger partial charge on any atom is 0.233 e. The number of halogens is 1. The van der Waals surface area contributed by atoms with Crippen LogP contribution in [0, 0.1) is 0 Å². The van der Waals surface area contributed by atoms with E-state index >= 15 is 0 Å². The SMILES string of the molecule is CNCC(=O)NCCC(=O)N(C)Cc1ccccc1Br. The number of carbonyl (C=O) groups excluding carboxylic acids is 2. The molecule has 1 aromatic rings. The fourth-order valence-electron chi connectivity index (χ4n) is 1.69. The third-order valence-corrected chi connectivity index (χ3v) is 3.56. The zero-order valence-corrected chi connectivity index (χ0v) is 13.4. The number of hydrogen-bond donors (Lipinski definition) is 2. The molecule has 2 amide bonds. The fourth-order valence-corrected chi connectivity index (χ4v) is 2.10. The summed E-state index contributed by atoms with van der Waals surface area (Å²) in [5.41, 5.74) is 1.06. The molecule has 0 fully saturated rings. The molecule has 20 heavy (non-hydrogen) atoms. The highest BCUT2D eigenvalue weighted by Crippen LogP contribution is 2.17. The molecule has 0 unspecified atom stereocenters. The molecule has 1 aromatic carbocycles. The van der Waals surface area contributed by atoms with Gasteiger partial charge in [-0.2, -0.15) is 0 Å². The highest BCUT2D eigenvalue weighted by atomic mass is 79.9. The summed E-state index contributed by atoms with van der Waals surface area (Å²) < 4.78 is 0.988. The average Bonchev–Trinajstić information content (AvgIpc) is 2.41. The van der Waals surface area contributed by atoms with Crippen LogP contribution in [0.1, 0.15) is 12.0 Å². The minimum absolute atomic E-state index is 0.00510. The van der Waals surface area contributed by atoms with Gasteiger partial charge in [0.25, 0.3) is 0 Å². The van der Waals surface area contributed by atoms with E-state index in [0.29, 0.717) is 19.5 Å². The van der Waals surface area contributed by atoms with Crippen LogP contribution < -0.4 is 10.6 Å². The maximum atomic E-state index is 11.9. The molecule has 0 radical (unpaired) electrons. The number of benzene rings is 1. The number of carbonyl (C=O) groups is 2. The molecule has 0 saturated carbocycles. The van der Waals surface area contributed by atoms with Crippen LogP contribution in [0.3, 0.4) is 0 Å². The van der Waals surface area contributed by atoms with Crippen LogP contribution in [0.5, 0.6) is 0 Å². The molecule has 0 aliphatic carbocycles. The van der Waals surface area contributed by atoms with E-state index in [1.165, 1.54) is 0 Å². The number of rotatable bonds is 7. The molecule has 6 heteroatoms. The molecule has 110 valence electrons. The van der Waals surface area contributed by atoms with Crippen molar-refractivity contribution >= 4 is 27.7 Å². The van der Waals surface area contributed by atoms with E-state index in [4.69, 9.17) is 0 Å². The van der Waals surface area contributed by atoms with Gasteiger partial charge in [0.2, 0.25) is 11.8 Å². The largest absolute Gasteiger partial charge is 0.354 e. The van der Waals surface area contributed by atoms with Gasteiger partial charge in [-0.25, -0.2) is 0 Å². The van der Waals surface area contributed by atoms with Crippen molar-refractivity contribution in [2.45, 2.75) is 13.0 Å². The van der Waals surface area contributed by atoms with Crippen molar-refractivity contribution in [1.29, 1.82) is 0 Å². The second-order valence-electron chi connectivity index (χ2n) is 4.47. The van der Waals surface area contributed by atoms with E-state index in [1.807, 2.05) is 24.3 Å². The molecular formula is C14H20BrN3O2. The average molecular weight is 342 g/mol. The van der Waals surface area contributed by atoms with E-state index in [1.54, 1.807) is 19.0 Å². The van der Waals surface area contributed by atoms with Crippen LogP contribution in [0.25, 0.3) is 0 Å². The Morgan fingerprint density at radius 3 is 2.65 bits per heavy atom. The quantitative estimate of drug-likeness (QED) is 0.781. The van der Waals surface area contributed by atoms with Crippen molar-refractivity contribution < 1.29 is 9.59 Å². The molecule has 2 N–H and O–H groups in total. The van der Waals surface area contributed by atoms with Crippen LogP contribution in [0.4, 0.5) is 0 Å². The van der Waals surface area contributed by atoms with Gasteiger partial charge in [0.1, 0.15) is 0 Å². The van der Waals surface area contributed by atoms with Crippen molar-refractivity contribution in [1.82, 2.24) is 15.5 Å². The van der Waals surface area contributed by atoms with E-state index in [2.05, 4.69) is 26.6 Å². The third-order valence-electron chi connectivity index (χ3n) is 2.79. The van der Waals surface area contributed by atoms with Gasteiger partial charge in [0.15, 0.2) is 0 Å². The molecule has 0 aliphatic heterocycles. The Morgan fingerprint density at radius 1 is 1.30 bits per heavy atom. The van der Waals surface area contributed by atoms with Crippen LogP contribution in [-0.4, -0.2) is 43.9 Å². The standard InChI is InChI=1S/C14H20BrN3O2/c1-16-9-13(19)17-8-7-14(20)18(2)10-11-5-3-4-6-12(11)15/h3-6,16H,7-10H2,1-2H3,(H,17,19). The molecule has 5 nitrogen and oxygen atoms in total. The lowest BCUT2D eigenvalue weighted by Gasteiger charge is -2.18. The van der Waals surface area contributed by atoms with Crippen molar-refractivity contribution in [2.75, 3.05) is 27.2 Å². The summed E-state index contributed by atoms with van der Waals surface area (Å²) in [6.45, 7) is 1.17. The lowest BCUT2D eigenvalue weighted by molar-refractivity contribution is -0.130. The van der Waals surface area contributed by atoms with Gasteiger partial charge >= 0.3 is 0 Å². The zero-order chi connectivity index (χ0) is 15.0. The molecule has 0 aromatic heterocycles. The Balaban J connectivity index is 2.36. The molecular weight excluding hydrogens is 322 g/mol. The Labute approximate surface area is 127 Å². The Kier molecular flexibility index (Phi) is 7.25. The first-order valence-corrected chi connectivity index (χ1v) is 7.22. The summed E-state index contributed by atoms with van der Waals surface area (Å²) >= 11 is 3.46. The van der Waals surface area contributed by atoms with Gasteiger partial charge in [-0.3, -0.25) is 9.59 Å². The smallest absolute Gasteiger partial charge is 0.233 e. The van der Waals surface area contributed by atoms with Gasteiger partial charge in [-0.1, -0.05) is 34.1 Å². The van der Waals surface area contributed by atoms with Gasteiger partial charge in [-0.05, 0) is 18.7 Å². The molecule has 0 spiro atoms. The second kappa shape index (κ2) is 8.71. The maximum absolute atomic E-state index is 11.9. The van der Waals surface area contributed by atoms with E-state index < -0.39 is 0 Å². The molecule has 0 bridgehead atoms. The second-order valence-corrected chi connectivity index (χ2v) is 5.33. The van der Waals surface area contributed by atoms with Crippen molar-refractivity contribution in [3.8, 4) is 0 Å². The summed E-state index contributed by atoms with van der Waals surface area (Å²) in [4.78, 5) is 24.8. The predicted molar refractivity (Wildman–Crippen MR) is 82.2 cm³/mol. The number of nitrogens with zero attached hydrogens (tertiary/aromatic N) is 1. The predicted octanol–water partition coefficient (Wildman–Crippen LogP) is 1.13. The number of nitrogens with one attached hydrogen (secondary N) is 2. The Bertz CT molecular complexity index is 465. The monoisotopic (exact) mass is 341 g/mol. The first-order chi connectivity index (χ1) is 9.54. The topological polar surface area (TPSA) is 61.4 Å². The van der Waals surface area contributed by atoms with E-state index in [9.17, 15) is 9.59 Å². The van der Waals surface area contributed by atoms with Crippen molar-refractivity contribution in [2.24, 2.45) is 0 Å². The molecule has 0 saturated heterocycles. The fraction of sp³-hybridized carbons (Fsp3) is 0.429. The first-order valence-electron chi connectivity index (χ1n) is 6.43. The van der Waals surface area contributed by atoms with Crippen molar-refractivity contribution in [3.63, 3.8) is 0 Å². The highest BCUT2D eigenvalue weighted by molar-refractivity contribution is 9.10. The molecule has 0 atom stereocenters. The van der Waals surface area contributed by atoms with Gasteiger partial charge in [0.05, 0.1) is 6.54 Å². The van der Waals surface area contributed by atoms with Gasteiger partial charge in [0, 0.05) is 31.0 Å². The summed E-state index contributed by atoms with van der Waals surface area (Å²) in [5.74, 6) is -0.0979. The number of hydrogen-bond acceptors (Lipinski definition) is 3. The summed E-state index contributed by atoms with van der Waals surface area (Å²) in [6, 6.07) is 7.80. The van der Waals surface area contributed by atoms with Gasteiger partial charge in [-0.15, -0.1) is 0 Å². The minimum atomic E-state index is -0.103. The lowest BCUT2D eigenvalue weighted by Crippen LogP contribution is -2.35. The van der Waals surface area contributed by atoms with E-state index in [-0.39, 0.29) is 18.4 Å². The Morgan fingerprint density at radius 2 is 2.00 bits per heavy atom. The van der Waals surface area contributed by atoms with Crippen LogP contribution in [0.15, 0.2) is 28.7 Å². The molecule has 1 rings (SSSR count). The summed E-state index contributed by atoms with van der Waals surface area (Å²) in [6.07, 6.45) is 0.302. The molecule has 0 aliphatic rings. The van der Waals surface area contributed by atoms with E-state index in [0.717, 1.165) is 10.0 Å². The summed E-state index contributed by atoms with van der Waals surface area (Å²) in [5, 5.41) is 5.44. The first kappa shape index (κ1) is 16.7. The molecule has 0 heterocycles. The Hall–Kier alpha value is -1.40. The van der Waals surface area contributed by atoms with Crippen LogP contribution in [-0.2, 0) is 16.1 Å².